The summed E-state index contributed by atoms with van der Waals surface area (Å²) in [5.41, 5.74) is 8.21. The number of carbonyl (C=O) groups is 1. The third kappa shape index (κ3) is 4.89. The summed E-state index contributed by atoms with van der Waals surface area (Å²) in [5, 5.41) is 2.70. The van der Waals surface area contributed by atoms with Crippen molar-refractivity contribution in [2.45, 2.75) is 13.2 Å². The monoisotopic (exact) mass is 300 g/mol. The van der Waals surface area contributed by atoms with E-state index in [1.807, 2.05) is 54.6 Å². The fourth-order valence-corrected chi connectivity index (χ4v) is 1.87. The van der Waals surface area contributed by atoms with E-state index in [4.69, 9.17) is 22.7 Å². The predicted molar refractivity (Wildman–Crippen MR) is 85.8 cm³/mol. The molecule has 2 rings (SSSR count). The van der Waals surface area contributed by atoms with Crippen LogP contribution < -0.4 is 11.1 Å². The molecule has 1 amide bonds. The van der Waals surface area contributed by atoms with E-state index in [0.717, 1.165) is 16.7 Å². The quantitative estimate of drug-likeness (QED) is 0.833. The highest BCUT2D eigenvalue weighted by atomic mass is 32.1. The number of benzene rings is 2. The normalized spacial score (nSPS) is 9.90. The Bertz CT molecular complexity index is 612. The molecule has 2 aromatic rings. The van der Waals surface area contributed by atoms with Crippen molar-refractivity contribution in [3.8, 4) is 0 Å². The number of thiocarbonyl (C=S) groups is 1. The van der Waals surface area contributed by atoms with E-state index >= 15 is 0 Å². The molecule has 2 aromatic carbocycles. The molecule has 0 aliphatic heterocycles. The summed E-state index contributed by atoms with van der Waals surface area (Å²) in [7, 11) is 0. The number of nitrogens with one attached hydrogen (secondary N) is 1. The summed E-state index contributed by atoms with van der Waals surface area (Å²) in [6.07, 6.45) is -0.447. The smallest absolute Gasteiger partial charge is 0.407 e. The highest BCUT2D eigenvalue weighted by Crippen LogP contribution is 2.06. The van der Waals surface area contributed by atoms with E-state index in [1.54, 1.807) is 0 Å². The number of nitrogens with two attached hydrogens (primary N) is 1. The van der Waals surface area contributed by atoms with Gasteiger partial charge in [-0.05, 0) is 11.1 Å². The highest BCUT2D eigenvalue weighted by Gasteiger charge is 2.03. The summed E-state index contributed by atoms with van der Waals surface area (Å²) in [6, 6.07) is 16.9. The van der Waals surface area contributed by atoms with Crippen LogP contribution in [0, 0.1) is 0 Å². The Morgan fingerprint density at radius 1 is 1.05 bits per heavy atom. The van der Waals surface area contributed by atoms with Gasteiger partial charge in [-0.2, -0.15) is 0 Å². The number of amides is 1. The van der Waals surface area contributed by atoms with Gasteiger partial charge in [0.25, 0.3) is 0 Å². The maximum Gasteiger partial charge on any atom is 0.407 e. The third-order valence-electron chi connectivity index (χ3n) is 2.89. The van der Waals surface area contributed by atoms with Gasteiger partial charge < -0.3 is 15.8 Å². The van der Waals surface area contributed by atoms with Crippen molar-refractivity contribution in [2.24, 2.45) is 5.73 Å². The Morgan fingerprint density at radius 3 is 2.33 bits per heavy atom. The molecule has 21 heavy (non-hydrogen) atoms. The predicted octanol–water partition coefficient (Wildman–Crippen LogP) is 2.75. The molecule has 0 saturated carbocycles. The minimum absolute atomic E-state index is 0.207. The van der Waals surface area contributed by atoms with Crippen LogP contribution in [0.4, 0.5) is 4.79 Å². The fourth-order valence-electron chi connectivity index (χ4n) is 1.74. The molecular formula is C16H16N2O2S. The Morgan fingerprint density at radius 2 is 1.71 bits per heavy atom. The van der Waals surface area contributed by atoms with Crippen molar-refractivity contribution in [3.05, 3.63) is 71.3 Å². The summed E-state index contributed by atoms with van der Waals surface area (Å²) in [4.78, 5) is 11.9. The second kappa shape index (κ2) is 7.40. The lowest BCUT2D eigenvalue weighted by molar-refractivity contribution is 0.139. The number of ether oxygens (including phenoxy) is 1. The zero-order valence-electron chi connectivity index (χ0n) is 11.4. The van der Waals surface area contributed by atoms with Crippen molar-refractivity contribution in [1.82, 2.24) is 5.32 Å². The lowest BCUT2D eigenvalue weighted by Gasteiger charge is -2.07. The first-order valence-electron chi connectivity index (χ1n) is 6.48. The van der Waals surface area contributed by atoms with Crippen LogP contribution in [0.5, 0.6) is 0 Å². The van der Waals surface area contributed by atoms with Crippen molar-refractivity contribution in [3.63, 3.8) is 0 Å². The second-order valence-electron chi connectivity index (χ2n) is 4.48. The van der Waals surface area contributed by atoms with Crippen LogP contribution in [0.25, 0.3) is 0 Å². The number of carbonyl (C=O) groups excluding carboxylic acids is 1. The van der Waals surface area contributed by atoms with Crippen LogP contribution in [0.2, 0.25) is 0 Å². The average molecular weight is 300 g/mol. The minimum Gasteiger partial charge on any atom is -0.445 e. The van der Waals surface area contributed by atoms with Gasteiger partial charge in [-0.1, -0.05) is 66.8 Å². The molecule has 3 N–H and O–H groups in total. The van der Waals surface area contributed by atoms with Crippen molar-refractivity contribution in [2.75, 3.05) is 0 Å². The lowest BCUT2D eigenvalue weighted by atomic mass is 10.1. The molecule has 0 atom stereocenters. The summed E-state index contributed by atoms with van der Waals surface area (Å²) in [6.45, 7) is 0.651. The molecular weight excluding hydrogens is 284 g/mol. The Labute approximate surface area is 128 Å². The molecule has 0 radical (unpaired) electrons. The number of rotatable bonds is 5. The van der Waals surface area contributed by atoms with Gasteiger partial charge in [0.05, 0.1) is 0 Å². The summed E-state index contributed by atoms with van der Waals surface area (Å²) in [5.74, 6) is 0. The SMILES string of the molecule is NC(=S)c1ccc(COC(=O)NCc2ccccc2)cc1. The summed E-state index contributed by atoms with van der Waals surface area (Å²) >= 11 is 4.87. The maximum atomic E-state index is 11.6. The molecule has 4 nitrogen and oxygen atoms in total. The zero-order valence-corrected chi connectivity index (χ0v) is 12.2. The molecule has 0 spiro atoms. The Hall–Kier alpha value is -2.40. The maximum absolute atomic E-state index is 11.6. The lowest BCUT2D eigenvalue weighted by Crippen LogP contribution is -2.23. The first-order chi connectivity index (χ1) is 10.1. The average Bonchev–Trinajstić information content (AvgIpc) is 2.52. The van der Waals surface area contributed by atoms with Gasteiger partial charge in [-0.25, -0.2) is 4.79 Å². The topological polar surface area (TPSA) is 64.3 Å². The Kier molecular flexibility index (Phi) is 5.29. The highest BCUT2D eigenvalue weighted by molar-refractivity contribution is 7.80. The standard InChI is InChI=1S/C16H16N2O2S/c17-15(21)14-8-6-13(7-9-14)11-20-16(19)18-10-12-4-2-1-3-5-12/h1-9H,10-11H2,(H2,17,21)(H,18,19). The van der Waals surface area contributed by atoms with E-state index in [-0.39, 0.29) is 6.61 Å². The zero-order chi connectivity index (χ0) is 15.1. The van der Waals surface area contributed by atoms with Crippen molar-refractivity contribution >= 4 is 23.3 Å². The molecule has 108 valence electrons. The molecule has 0 aromatic heterocycles. The van der Waals surface area contributed by atoms with Gasteiger partial charge in [-0.3, -0.25) is 0 Å². The van der Waals surface area contributed by atoms with Crippen LogP contribution in [-0.4, -0.2) is 11.1 Å². The van der Waals surface area contributed by atoms with Gasteiger partial charge in [0.15, 0.2) is 0 Å². The first kappa shape index (κ1) is 15.0. The van der Waals surface area contributed by atoms with Gasteiger partial charge in [0, 0.05) is 12.1 Å². The van der Waals surface area contributed by atoms with Crippen molar-refractivity contribution < 1.29 is 9.53 Å². The van der Waals surface area contributed by atoms with Crippen LogP contribution in [-0.2, 0) is 17.9 Å². The first-order valence-corrected chi connectivity index (χ1v) is 6.89. The van der Waals surface area contributed by atoms with Gasteiger partial charge >= 0.3 is 6.09 Å². The fraction of sp³-hybridized carbons (Fsp3) is 0.125. The molecule has 0 bridgehead atoms. The molecule has 0 saturated heterocycles. The Balaban J connectivity index is 1.77. The largest absolute Gasteiger partial charge is 0.445 e. The molecule has 0 heterocycles. The number of alkyl carbamates (subject to hydrolysis) is 1. The second-order valence-corrected chi connectivity index (χ2v) is 4.92. The van der Waals surface area contributed by atoms with E-state index in [2.05, 4.69) is 5.32 Å². The van der Waals surface area contributed by atoms with Crippen LogP contribution >= 0.6 is 12.2 Å². The van der Waals surface area contributed by atoms with E-state index < -0.39 is 6.09 Å². The molecule has 5 heteroatoms. The van der Waals surface area contributed by atoms with E-state index in [9.17, 15) is 4.79 Å². The number of hydrogen-bond acceptors (Lipinski definition) is 3. The minimum atomic E-state index is -0.447. The van der Waals surface area contributed by atoms with Gasteiger partial charge in [-0.15, -0.1) is 0 Å². The number of hydrogen-bond donors (Lipinski definition) is 2. The van der Waals surface area contributed by atoms with Gasteiger partial charge in [0.1, 0.15) is 11.6 Å². The van der Waals surface area contributed by atoms with E-state index in [0.29, 0.717) is 11.5 Å². The van der Waals surface area contributed by atoms with Crippen LogP contribution in [0.3, 0.4) is 0 Å². The van der Waals surface area contributed by atoms with E-state index in [1.165, 1.54) is 0 Å². The molecule has 0 aliphatic carbocycles. The van der Waals surface area contributed by atoms with Crippen LogP contribution in [0.1, 0.15) is 16.7 Å². The van der Waals surface area contributed by atoms with Crippen molar-refractivity contribution in [1.29, 1.82) is 0 Å². The molecule has 0 fully saturated rings. The third-order valence-corrected chi connectivity index (χ3v) is 3.12. The molecule has 0 unspecified atom stereocenters. The van der Waals surface area contributed by atoms with Crippen LogP contribution in [0.15, 0.2) is 54.6 Å². The summed E-state index contributed by atoms with van der Waals surface area (Å²) < 4.78 is 5.14. The molecule has 0 aliphatic rings. The van der Waals surface area contributed by atoms with Gasteiger partial charge in [0.2, 0.25) is 0 Å².